The first-order chi connectivity index (χ1) is 9.15. The van der Waals surface area contributed by atoms with E-state index in [2.05, 4.69) is 55.5 Å². The van der Waals surface area contributed by atoms with Crippen molar-refractivity contribution in [3.8, 4) is 0 Å². The van der Waals surface area contributed by atoms with Crippen LogP contribution in [-0.2, 0) is 0 Å². The Labute approximate surface area is 118 Å². The smallest absolute Gasteiger partial charge is 0.00787 e. The van der Waals surface area contributed by atoms with E-state index < -0.39 is 0 Å². The summed E-state index contributed by atoms with van der Waals surface area (Å²) in [6, 6.07) is 9.82. The molecule has 1 saturated carbocycles. The Bertz CT molecular complexity index is 363. The van der Waals surface area contributed by atoms with E-state index in [0.717, 1.165) is 12.0 Å². The number of nitrogens with one attached hydrogen (secondary N) is 1. The molecular weight excluding hydrogens is 232 g/mol. The number of hydrogen-bond acceptors (Lipinski definition) is 2. The lowest BCUT2D eigenvalue weighted by Gasteiger charge is -2.36. The van der Waals surface area contributed by atoms with E-state index in [4.69, 9.17) is 0 Å². The Kier molecular flexibility index (Phi) is 5.41. The molecule has 1 N–H and O–H groups in total. The van der Waals surface area contributed by atoms with Gasteiger partial charge in [-0.2, -0.15) is 0 Å². The molecular formula is C17H28N2. The molecule has 0 radical (unpaired) electrons. The van der Waals surface area contributed by atoms with Gasteiger partial charge >= 0.3 is 0 Å². The summed E-state index contributed by atoms with van der Waals surface area (Å²) < 4.78 is 0. The Morgan fingerprint density at radius 3 is 2.42 bits per heavy atom. The predicted molar refractivity (Wildman–Crippen MR) is 82.7 cm³/mol. The van der Waals surface area contributed by atoms with Gasteiger partial charge in [0.15, 0.2) is 0 Å². The predicted octanol–water partition coefficient (Wildman–Crippen LogP) is 3.17. The summed E-state index contributed by atoms with van der Waals surface area (Å²) in [6.45, 7) is 4.54. The van der Waals surface area contributed by atoms with E-state index in [-0.39, 0.29) is 0 Å². The molecule has 1 fully saturated rings. The van der Waals surface area contributed by atoms with Gasteiger partial charge in [0, 0.05) is 6.04 Å². The molecule has 2 nitrogen and oxygen atoms in total. The van der Waals surface area contributed by atoms with Crippen molar-refractivity contribution in [2.45, 2.75) is 44.6 Å². The lowest BCUT2D eigenvalue weighted by Crippen LogP contribution is -2.40. The van der Waals surface area contributed by atoms with Crippen molar-refractivity contribution in [2.24, 2.45) is 0 Å². The molecule has 0 aromatic heterocycles. The van der Waals surface area contributed by atoms with Crippen LogP contribution in [0.3, 0.4) is 0 Å². The fraction of sp³-hybridized carbons (Fsp3) is 0.647. The Hall–Kier alpha value is -0.860. The van der Waals surface area contributed by atoms with E-state index in [9.17, 15) is 0 Å². The fourth-order valence-corrected chi connectivity index (χ4v) is 2.75. The molecule has 1 aliphatic rings. The van der Waals surface area contributed by atoms with Crippen LogP contribution in [0.2, 0.25) is 0 Å². The highest BCUT2D eigenvalue weighted by Gasteiger charge is 2.29. The highest BCUT2D eigenvalue weighted by Crippen LogP contribution is 2.36. The molecule has 2 rings (SSSR count). The zero-order valence-electron chi connectivity index (χ0n) is 12.7. The first-order valence-corrected chi connectivity index (χ1v) is 7.60. The van der Waals surface area contributed by atoms with Gasteiger partial charge in [0.05, 0.1) is 0 Å². The van der Waals surface area contributed by atoms with Gasteiger partial charge in [-0.25, -0.2) is 0 Å². The van der Waals surface area contributed by atoms with Gasteiger partial charge in [-0.15, -0.1) is 0 Å². The van der Waals surface area contributed by atoms with Crippen molar-refractivity contribution in [1.29, 1.82) is 0 Å². The van der Waals surface area contributed by atoms with Gasteiger partial charge in [-0.05, 0) is 71.3 Å². The van der Waals surface area contributed by atoms with Crippen LogP contribution in [0, 0.1) is 6.92 Å². The summed E-state index contributed by atoms with van der Waals surface area (Å²) >= 11 is 0. The van der Waals surface area contributed by atoms with Crippen molar-refractivity contribution in [2.75, 3.05) is 27.2 Å². The van der Waals surface area contributed by atoms with Crippen LogP contribution >= 0.6 is 0 Å². The minimum atomic E-state index is 0.755. The fourth-order valence-electron chi connectivity index (χ4n) is 2.75. The quantitative estimate of drug-likeness (QED) is 0.758. The number of nitrogens with zero attached hydrogens (tertiary/aromatic N) is 1. The van der Waals surface area contributed by atoms with Crippen LogP contribution in [0.4, 0.5) is 0 Å². The number of unbranched alkanes of at least 4 members (excludes halogenated alkanes) is 1. The highest BCUT2D eigenvalue weighted by molar-refractivity contribution is 5.26. The molecule has 1 aliphatic carbocycles. The van der Waals surface area contributed by atoms with Gasteiger partial charge in [0.25, 0.3) is 0 Å². The van der Waals surface area contributed by atoms with Gasteiger partial charge in [0.2, 0.25) is 0 Å². The second kappa shape index (κ2) is 7.06. The van der Waals surface area contributed by atoms with E-state index in [1.165, 1.54) is 49.9 Å². The van der Waals surface area contributed by atoms with E-state index in [0.29, 0.717) is 0 Å². The molecule has 106 valence electrons. The number of rotatable bonds is 7. The van der Waals surface area contributed by atoms with Crippen molar-refractivity contribution in [1.82, 2.24) is 10.2 Å². The molecule has 0 unspecified atom stereocenters. The van der Waals surface area contributed by atoms with Crippen LogP contribution in [-0.4, -0.2) is 38.1 Å². The Morgan fingerprint density at radius 1 is 1.11 bits per heavy atom. The monoisotopic (exact) mass is 260 g/mol. The Morgan fingerprint density at radius 2 is 1.79 bits per heavy atom. The second-order valence-corrected chi connectivity index (χ2v) is 6.24. The lowest BCUT2D eigenvalue weighted by atomic mass is 9.76. The van der Waals surface area contributed by atoms with Crippen molar-refractivity contribution in [3.05, 3.63) is 35.4 Å². The Balaban J connectivity index is 1.57. The summed E-state index contributed by atoms with van der Waals surface area (Å²) in [5, 5.41) is 3.69. The van der Waals surface area contributed by atoms with Gasteiger partial charge in [-0.1, -0.05) is 29.8 Å². The first kappa shape index (κ1) is 14.5. The van der Waals surface area contributed by atoms with Crippen LogP contribution in [0.5, 0.6) is 0 Å². The maximum absolute atomic E-state index is 3.69. The molecule has 2 heteroatoms. The number of hydrogen-bond donors (Lipinski definition) is 1. The third-order valence-electron chi connectivity index (χ3n) is 4.15. The minimum Gasteiger partial charge on any atom is -0.314 e. The molecule has 0 bridgehead atoms. The minimum absolute atomic E-state index is 0.755. The van der Waals surface area contributed by atoms with Crippen LogP contribution in [0.1, 0.15) is 42.7 Å². The van der Waals surface area contributed by atoms with Gasteiger partial charge in [-0.3, -0.25) is 0 Å². The molecule has 0 spiro atoms. The molecule has 0 amide bonds. The molecule has 1 aromatic rings. The average molecular weight is 260 g/mol. The summed E-state index contributed by atoms with van der Waals surface area (Å²) in [5.74, 6) is 0.792. The van der Waals surface area contributed by atoms with Crippen LogP contribution < -0.4 is 5.32 Å². The SMILES string of the molecule is Cc1ccc(C2CC(NCCCCN(C)C)C2)cc1. The maximum atomic E-state index is 3.69. The third-order valence-corrected chi connectivity index (χ3v) is 4.15. The zero-order valence-corrected chi connectivity index (χ0v) is 12.7. The van der Waals surface area contributed by atoms with Gasteiger partial charge in [0.1, 0.15) is 0 Å². The normalized spacial score (nSPS) is 22.5. The van der Waals surface area contributed by atoms with Gasteiger partial charge < -0.3 is 10.2 Å². The number of aryl methyl sites for hydroxylation is 1. The standard InChI is InChI=1S/C17H28N2/c1-14-6-8-15(9-7-14)16-12-17(13-16)18-10-4-5-11-19(2)3/h6-9,16-18H,4-5,10-13H2,1-3H3. The van der Waals surface area contributed by atoms with Crippen LogP contribution in [0.15, 0.2) is 24.3 Å². The van der Waals surface area contributed by atoms with Crippen LogP contribution in [0.25, 0.3) is 0 Å². The van der Waals surface area contributed by atoms with Crippen molar-refractivity contribution >= 4 is 0 Å². The summed E-state index contributed by atoms with van der Waals surface area (Å²) in [5.41, 5.74) is 2.88. The average Bonchev–Trinajstić information content (AvgIpc) is 2.32. The molecule has 0 saturated heterocycles. The molecule has 0 aliphatic heterocycles. The molecule has 0 atom stereocenters. The molecule has 19 heavy (non-hydrogen) atoms. The lowest BCUT2D eigenvalue weighted by molar-refractivity contribution is 0.287. The third kappa shape index (κ3) is 4.63. The van der Waals surface area contributed by atoms with Crippen molar-refractivity contribution in [3.63, 3.8) is 0 Å². The number of benzene rings is 1. The molecule has 1 aromatic carbocycles. The van der Waals surface area contributed by atoms with E-state index in [1.54, 1.807) is 0 Å². The van der Waals surface area contributed by atoms with E-state index >= 15 is 0 Å². The maximum Gasteiger partial charge on any atom is 0.00787 e. The topological polar surface area (TPSA) is 15.3 Å². The zero-order chi connectivity index (χ0) is 13.7. The summed E-state index contributed by atoms with van der Waals surface area (Å²) in [7, 11) is 4.29. The highest BCUT2D eigenvalue weighted by atomic mass is 15.0. The van der Waals surface area contributed by atoms with E-state index in [1.807, 2.05) is 0 Å². The van der Waals surface area contributed by atoms with Crippen molar-refractivity contribution < 1.29 is 0 Å². The first-order valence-electron chi connectivity index (χ1n) is 7.60. The summed E-state index contributed by atoms with van der Waals surface area (Å²) in [6.07, 6.45) is 5.23. The summed E-state index contributed by atoms with van der Waals surface area (Å²) in [4.78, 5) is 2.26. The largest absolute Gasteiger partial charge is 0.314 e. The molecule has 0 heterocycles. The second-order valence-electron chi connectivity index (χ2n) is 6.24.